The van der Waals surface area contributed by atoms with Crippen molar-refractivity contribution >= 4 is 29.5 Å². The minimum Gasteiger partial charge on any atom is -0.462 e. The number of nitrogens with zero attached hydrogens (tertiary/aromatic N) is 3. The molecule has 0 bridgehead atoms. The molecule has 31 heavy (non-hydrogen) atoms. The van der Waals surface area contributed by atoms with Crippen LogP contribution >= 0.6 is 11.8 Å². The molecule has 0 unspecified atom stereocenters. The van der Waals surface area contributed by atoms with E-state index in [0.29, 0.717) is 11.7 Å². The molecule has 2 heterocycles. The van der Waals surface area contributed by atoms with E-state index >= 15 is 0 Å². The number of nitrogen functional groups attached to an aromatic ring is 1. The van der Waals surface area contributed by atoms with Gasteiger partial charge in [-0.2, -0.15) is 0 Å². The van der Waals surface area contributed by atoms with Crippen molar-refractivity contribution in [2.45, 2.75) is 25.2 Å². The van der Waals surface area contributed by atoms with Gasteiger partial charge in [0.25, 0.3) is 0 Å². The van der Waals surface area contributed by atoms with E-state index in [9.17, 15) is 9.59 Å². The molecule has 10 heteroatoms. The first-order valence-electron chi connectivity index (χ1n) is 10.1. The highest BCUT2D eigenvalue weighted by atomic mass is 32.2. The van der Waals surface area contributed by atoms with E-state index < -0.39 is 5.97 Å². The highest BCUT2D eigenvalue weighted by Gasteiger charge is 2.15. The molecule has 1 aromatic carbocycles. The van der Waals surface area contributed by atoms with Gasteiger partial charge in [0.15, 0.2) is 5.16 Å². The minimum absolute atomic E-state index is 0.0356. The second-order valence-corrected chi connectivity index (χ2v) is 7.84. The first-order chi connectivity index (χ1) is 15.1. The van der Waals surface area contributed by atoms with E-state index in [4.69, 9.17) is 15.2 Å². The summed E-state index contributed by atoms with van der Waals surface area (Å²) in [6.07, 6.45) is 1.32. The smallest absolute Gasteiger partial charge is 0.343 e. The zero-order valence-electron chi connectivity index (χ0n) is 17.5. The topological polar surface area (TPSA) is 120 Å². The van der Waals surface area contributed by atoms with Crippen molar-refractivity contribution < 1.29 is 19.1 Å². The lowest BCUT2D eigenvalue weighted by molar-refractivity contribution is -0.118. The maximum Gasteiger partial charge on any atom is 0.343 e. The number of thioether (sulfide) groups is 1. The standard InChI is InChI=1S/C21H27N5O4S/c1-2-30-20(28)17-12-24-21(25-19(17)22)31-14-18(27)23-11-15-5-3-4-6-16(15)13-26-7-9-29-10-8-26/h3-6,12H,2,7-11,13-14H2,1H3,(H,23,27)(H2,22,24,25). The quantitative estimate of drug-likeness (QED) is 0.336. The van der Waals surface area contributed by atoms with Crippen LogP contribution in [-0.2, 0) is 27.4 Å². The van der Waals surface area contributed by atoms with Gasteiger partial charge in [-0.1, -0.05) is 36.0 Å². The fourth-order valence-electron chi connectivity index (χ4n) is 3.07. The Hall–Kier alpha value is -2.69. The van der Waals surface area contributed by atoms with E-state index in [2.05, 4.69) is 26.3 Å². The Morgan fingerprint density at radius 3 is 2.71 bits per heavy atom. The van der Waals surface area contributed by atoms with Gasteiger partial charge in [0, 0.05) is 32.4 Å². The van der Waals surface area contributed by atoms with Crippen molar-refractivity contribution in [1.29, 1.82) is 0 Å². The lowest BCUT2D eigenvalue weighted by Gasteiger charge is -2.27. The third kappa shape index (κ3) is 6.91. The zero-order valence-corrected chi connectivity index (χ0v) is 18.3. The van der Waals surface area contributed by atoms with E-state index in [0.717, 1.165) is 50.2 Å². The van der Waals surface area contributed by atoms with Gasteiger partial charge in [-0.15, -0.1) is 0 Å². The Labute approximate surface area is 185 Å². The molecule has 0 atom stereocenters. The summed E-state index contributed by atoms with van der Waals surface area (Å²) in [7, 11) is 0. The normalized spacial score (nSPS) is 14.2. The number of carbonyl (C=O) groups is 2. The molecular formula is C21H27N5O4S. The molecule has 0 spiro atoms. The number of morpholine rings is 1. The van der Waals surface area contributed by atoms with Crippen molar-refractivity contribution in [2.24, 2.45) is 0 Å². The van der Waals surface area contributed by atoms with Crippen LogP contribution in [0.25, 0.3) is 0 Å². The Kier molecular flexibility index (Phi) is 8.63. The number of ether oxygens (including phenoxy) is 2. The molecule has 0 aliphatic carbocycles. The fraction of sp³-hybridized carbons (Fsp3) is 0.429. The van der Waals surface area contributed by atoms with Crippen molar-refractivity contribution in [3.63, 3.8) is 0 Å². The second kappa shape index (κ2) is 11.6. The summed E-state index contributed by atoms with van der Waals surface area (Å²) in [4.78, 5) is 34.6. The average molecular weight is 446 g/mol. The molecule has 1 aromatic heterocycles. The predicted molar refractivity (Wildman–Crippen MR) is 118 cm³/mol. The van der Waals surface area contributed by atoms with Crippen LogP contribution in [0.1, 0.15) is 28.4 Å². The number of benzene rings is 1. The highest BCUT2D eigenvalue weighted by Crippen LogP contribution is 2.17. The number of nitrogens with two attached hydrogens (primary N) is 1. The Morgan fingerprint density at radius 2 is 2.00 bits per heavy atom. The molecule has 2 aromatic rings. The second-order valence-electron chi connectivity index (χ2n) is 6.89. The maximum atomic E-state index is 12.3. The fourth-order valence-corrected chi connectivity index (χ4v) is 3.73. The monoisotopic (exact) mass is 445 g/mol. The number of amides is 1. The SMILES string of the molecule is CCOC(=O)c1cnc(SCC(=O)NCc2ccccc2CN2CCOCC2)nc1N. The number of rotatable bonds is 9. The zero-order chi connectivity index (χ0) is 22.1. The predicted octanol–water partition coefficient (Wildman–Crippen LogP) is 1.48. The molecule has 1 aliphatic heterocycles. The first kappa shape index (κ1) is 23.0. The van der Waals surface area contributed by atoms with Crippen LogP contribution < -0.4 is 11.1 Å². The first-order valence-corrected chi connectivity index (χ1v) is 11.1. The van der Waals surface area contributed by atoms with Gasteiger partial charge in [0.2, 0.25) is 5.91 Å². The molecule has 1 aliphatic rings. The summed E-state index contributed by atoms with van der Waals surface area (Å²) in [5.74, 6) is -0.523. The molecule has 9 nitrogen and oxygen atoms in total. The number of aromatic nitrogens is 2. The lowest BCUT2D eigenvalue weighted by Crippen LogP contribution is -2.36. The lowest BCUT2D eigenvalue weighted by atomic mass is 10.1. The van der Waals surface area contributed by atoms with E-state index in [1.54, 1.807) is 6.92 Å². The summed E-state index contributed by atoms with van der Waals surface area (Å²) in [6.45, 7) is 6.57. The molecule has 3 rings (SSSR count). The molecule has 1 amide bonds. The van der Waals surface area contributed by atoms with Gasteiger partial charge in [0.1, 0.15) is 11.4 Å². The van der Waals surface area contributed by atoms with Crippen LogP contribution in [0.3, 0.4) is 0 Å². The molecule has 0 radical (unpaired) electrons. The van der Waals surface area contributed by atoms with Crippen LogP contribution in [-0.4, -0.2) is 65.4 Å². The number of carbonyl (C=O) groups excluding carboxylic acids is 2. The summed E-state index contributed by atoms with van der Waals surface area (Å²) in [6, 6.07) is 8.11. The minimum atomic E-state index is -0.565. The Morgan fingerprint density at radius 1 is 1.26 bits per heavy atom. The van der Waals surface area contributed by atoms with Gasteiger partial charge in [-0.3, -0.25) is 9.69 Å². The average Bonchev–Trinajstić information content (AvgIpc) is 2.78. The van der Waals surface area contributed by atoms with Gasteiger partial charge in [-0.05, 0) is 18.1 Å². The van der Waals surface area contributed by atoms with Gasteiger partial charge < -0.3 is 20.5 Å². The molecular weight excluding hydrogens is 418 g/mol. The molecule has 1 saturated heterocycles. The van der Waals surface area contributed by atoms with Crippen LogP contribution in [0.2, 0.25) is 0 Å². The number of nitrogens with one attached hydrogen (secondary N) is 1. The van der Waals surface area contributed by atoms with E-state index in [1.807, 2.05) is 18.2 Å². The Balaban J connectivity index is 1.49. The number of esters is 1. The van der Waals surface area contributed by atoms with E-state index in [1.165, 1.54) is 11.8 Å². The van der Waals surface area contributed by atoms with Crippen molar-refractivity contribution in [2.75, 3.05) is 44.4 Å². The van der Waals surface area contributed by atoms with Gasteiger partial charge in [0.05, 0.1) is 25.6 Å². The van der Waals surface area contributed by atoms with Crippen LogP contribution in [0, 0.1) is 0 Å². The van der Waals surface area contributed by atoms with Gasteiger partial charge >= 0.3 is 5.97 Å². The highest BCUT2D eigenvalue weighted by molar-refractivity contribution is 7.99. The number of hydrogen-bond donors (Lipinski definition) is 2. The third-order valence-electron chi connectivity index (χ3n) is 4.72. The molecule has 1 fully saturated rings. The number of anilines is 1. The van der Waals surface area contributed by atoms with Crippen molar-refractivity contribution in [3.05, 3.63) is 47.2 Å². The number of hydrogen-bond acceptors (Lipinski definition) is 9. The van der Waals surface area contributed by atoms with Crippen LogP contribution in [0.15, 0.2) is 35.6 Å². The van der Waals surface area contributed by atoms with Crippen LogP contribution in [0.5, 0.6) is 0 Å². The van der Waals surface area contributed by atoms with Crippen molar-refractivity contribution in [1.82, 2.24) is 20.2 Å². The summed E-state index contributed by atoms with van der Waals surface area (Å²) in [5, 5.41) is 3.27. The maximum absolute atomic E-state index is 12.3. The van der Waals surface area contributed by atoms with Crippen LogP contribution in [0.4, 0.5) is 5.82 Å². The summed E-state index contributed by atoms with van der Waals surface area (Å²) in [5.41, 5.74) is 8.21. The third-order valence-corrected chi connectivity index (χ3v) is 5.58. The largest absolute Gasteiger partial charge is 0.462 e. The van der Waals surface area contributed by atoms with Gasteiger partial charge in [-0.25, -0.2) is 14.8 Å². The summed E-state index contributed by atoms with van der Waals surface area (Å²) < 4.78 is 10.3. The molecule has 0 saturated carbocycles. The van der Waals surface area contributed by atoms with Crippen molar-refractivity contribution in [3.8, 4) is 0 Å². The summed E-state index contributed by atoms with van der Waals surface area (Å²) >= 11 is 1.16. The Bertz CT molecular complexity index is 905. The van der Waals surface area contributed by atoms with E-state index in [-0.39, 0.29) is 29.6 Å². The molecule has 3 N–H and O–H groups in total. The molecule has 166 valence electrons.